The average molecular weight is 573 g/mol. The minimum atomic E-state index is -5.74. The molecule has 1 aromatic heterocycles. The number of halogens is 7. The van der Waals surface area contributed by atoms with Gasteiger partial charge in [-0.1, -0.05) is 11.6 Å². The van der Waals surface area contributed by atoms with Crippen molar-refractivity contribution in [2.45, 2.75) is 59.7 Å². The molecule has 1 unspecified atom stereocenters. The summed E-state index contributed by atoms with van der Waals surface area (Å²) in [6, 6.07) is 0.132. The Bertz CT molecular complexity index is 1220. The quantitative estimate of drug-likeness (QED) is 0.396. The van der Waals surface area contributed by atoms with Gasteiger partial charge in [-0.25, -0.2) is 31.6 Å². The molecule has 0 radical (unpaired) electrons. The molecule has 0 saturated heterocycles. The SMILES string of the molecule is O=C(NC1CCC(F)(F)CC1)C(c1cncnc1)N(C(=O)[C@H](F)Cl)c1ccc(S(=O)(=O)C(F)(F)F)cc1. The smallest absolute Gasteiger partial charge is 0.351 e. The van der Waals surface area contributed by atoms with E-state index in [4.69, 9.17) is 11.6 Å². The van der Waals surface area contributed by atoms with Gasteiger partial charge in [-0.3, -0.25) is 14.5 Å². The molecule has 16 heteroatoms. The number of rotatable bonds is 7. The summed E-state index contributed by atoms with van der Waals surface area (Å²) in [5.74, 6) is -5.36. The van der Waals surface area contributed by atoms with E-state index in [2.05, 4.69) is 15.3 Å². The standard InChI is InChI=1S/C21H19ClF6N4O4S/c22-17(23)19(34)32(14-1-3-15(4-2-14)37(35,36)21(26,27)28)16(12-9-29-11-30-10-12)18(33)31-13-5-7-20(24,25)8-6-13/h1-4,9-11,13,16-17H,5-8H2,(H,31,33)/t16?,17-/m0/s1. The zero-order valence-electron chi connectivity index (χ0n) is 18.6. The largest absolute Gasteiger partial charge is 0.501 e. The lowest BCUT2D eigenvalue weighted by Crippen LogP contribution is -2.49. The Morgan fingerprint density at radius 1 is 1.08 bits per heavy atom. The van der Waals surface area contributed by atoms with Crippen molar-refractivity contribution < 1.29 is 44.3 Å². The van der Waals surface area contributed by atoms with Gasteiger partial charge in [0.15, 0.2) is 0 Å². The molecule has 1 heterocycles. The highest BCUT2D eigenvalue weighted by atomic mass is 35.5. The lowest BCUT2D eigenvalue weighted by molar-refractivity contribution is -0.128. The second-order valence-electron chi connectivity index (χ2n) is 8.17. The van der Waals surface area contributed by atoms with Crippen molar-refractivity contribution in [2.75, 3.05) is 4.90 Å². The number of nitrogens with zero attached hydrogens (tertiary/aromatic N) is 3. The summed E-state index contributed by atoms with van der Waals surface area (Å²) in [5, 5.41) is 2.52. The van der Waals surface area contributed by atoms with Crippen molar-refractivity contribution in [2.24, 2.45) is 0 Å². The zero-order valence-corrected chi connectivity index (χ0v) is 20.2. The molecule has 202 valence electrons. The normalized spacial score (nSPS) is 18.0. The number of amides is 2. The number of sulfone groups is 1. The first kappa shape index (κ1) is 28.6. The summed E-state index contributed by atoms with van der Waals surface area (Å²) in [7, 11) is -5.74. The number of carbonyl (C=O) groups excluding carboxylic acids is 2. The summed E-state index contributed by atoms with van der Waals surface area (Å²) in [5.41, 5.74) is -8.77. The van der Waals surface area contributed by atoms with Gasteiger partial charge in [-0.05, 0) is 37.1 Å². The molecule has 1 aliphatic rings. The van der Waals surface area contributed by atoms with Gasteiger partial charge in [-0.2, -0.15) is 13.2 Å². The summed E-state index contributed by atoms with van der Waals surface area (Å²) in [6.45, 7) is 0. The first-order valence-electron chi connectivity index (χ1n) is 10.6. The van der Waals surface area contributed by atoms with Gasteiger partial charge in [0.1, 0.15) is 12.4 Å². The van der Waals surface area contributed by atoms with E-state index in [0.717, 1.165) is 30.9 Å². The van der Waals surface area contributed by atoms with Gasteiger partial charge in [0.2, 0.25) is 11.8 Å². The van der Waals surface area contributed by atoms with Crippen LogP contribution in [0.2, 0.25) is 0 Å². The number of carbonyl (C=O) groups is 2. The Kier molecular flexibility index (Phi) is 8.37. The predicted octanol–water partition coefficient (Wildman–Crippen LogP) is 4.07. The van der Waals surface area contributed by atoms with Crippen molar-refractivity contribution in [3.63, 3.8) is 0 Å². The molecule has 2 aromatic rings. The van der Waals surface area contributed by atoms with Gasteiger partial charge >= 0.3 is 5.51 Å². The molecule has 2 amide bonds. The maximum Gasteiger partial charge on any atom is 0.501 e. The third-order valence-electron chi connectivity index (χ3n) is 5.62. The maximum atomic E-state index is 14.0. The van der Waals surface area contributed by atoms with Crippen LogP contribution in [0.15, 0.2) is 47.9 Å². The highest BCUT2D eigenvalue weighted by Gasteiger charge is 2.47. The average Bonchev–Trinajstić information content (AvgIpc) is 2.83. The van der Waals surface area contributed by atoms with Crippen LogP contribution in [0.25, 0.3) is 0 Å². The zero-order chi connectivity index (χ0) is 27.6. The number of nitrogens with one attached hydrogen (secondary N) is 1. The van der Waals surface area contributed by atoms with E-state index in [9.17, 15) is 44.3 Å². The molecule has 1 fully saturated rings. The Hall–Kier alpha value is -2.94. The molecular weight excluding hydrogens is 554 g/mol. The van der Waals surface area contributed by atoms with Crippen molar-refractivity contribution in [1.82, 2.24) is 15.3 Å². The third kappa shape index (κ3) is 6.50. The minimum absolute atomic E-state index is 0.0706. The van der Waals surface area contributed by atoms with E-state index in [1.54, 1.807) is 0 Å². The Balaban J connectivity index is 2.03. The Labute approximate surface area is 211 Å². The predicted molar refractivity (Wildman–Crippen MR) is 118 cm³/mol. The summed E-state index contributed by atoms with van der Waals surface area (Å²) in [6.07, 6.45) is 2.13. The highest BCUT2D eigenvalue weighted by molar-refractivity contribution is 7.92. The third-order valence-corrected chi connectivity index (χ3v) is 7.31. The molecule has 1 aliphatic carbocycles. The number of aromatic nitrogens is 2. The minimum Gasteiger partial charge on any atom is -0.351 e. The molecule has 0 spiro atoms. The van der Waals surface area contributed by atoms with E-state index in [-0.39, 0.29) is 24.1 Å². The topological polar surface area (TPSA) is 109 Å². The second kappa shape index (κ2) is 10.8. The van der Waals surface area contributed by atoms with E-state index in [1.165, 1.54) is 0 Å². The van der Waals surface area contributed by atoms with Crippen LogP contribution in [-0.4, -0.2) is 53.3 Å². The molecule has 8 nitrogen and oxygen atoms in total. The van der Waals surface area contributed by atoms with Gasteiger partial charge in [-0.15, -0.1) is 0 Å². The van der Waals surface area contributed by atoms with Crippen LogP contribution in [0.4, 0.5) is 32.0 Å². The number of hydrogen-bond acceptors (Lipinski definition) is 6. The van der Waals surface area contributed by atoms with Crippen molar-refractivity contribution in [3.05, 3.63) is 48.5 Å². The molecule has 2 atom stereocenters. The van der Waals surface area contributed by atoms with Crippen LogP contribution < -0.4 is 10.2 Å². The van der Waals surface area contributed by atoms with Crippen molar-refractivity contribution in [3.8, 4) is 0 Å². The van der Waals surface area contributed by atoms with E-state index >= 15 is 0 Å². The molecule has 1 aromatic carbocycles. The maximum absolute atomic E-state index is 14.0. The van der Waals surface area contributed by atoms with Crippen LogP contribution in [0.5, 0.6) is 0 Å². The van der Waals surface area contributed by atoms with Crippen LogP contribution in [0.3, 0.4) is 0 Å². The number of hydrogen-bond donors (Lipinski definition) is 1. The van der Waals surface area contributed by atoms with E-state index in [1.807, 2.05) is 0 Å². The Morgan fingerprint density at radius 2 is 1.62 bits per heavy atom. The molecule has 1 saturated carbocycles. The monoisotopic (exact) mass is 572 g/mol. The fourth-order valence-electron chi connectivity index (χ4n) is 3.76. The van der Waals surface area contributed by atoms with E-state index < -0.39 is 68.5 Å². The molecule has 0 aliphatic heterocycles. The van der Waals surface area contributed by atoms with Crippen molar-refractivity contribution in [1.29, 1.82) is 0 Å². The first-order valence-corrected chi connectivity index (χ1v) is 12.5. The lowest BCUT2D eigenvalue weighted by atomic mass is 9.92. The van der Waals surface area contributed by atoms with Crippen LogP contribution in [-0.2, 0) is 19.4 Å². The number of benzene rings is 1. The van der Waals surface area contributed by atoms with E-state index in [0.29, 0.717) is 17.0 Å². The van der Waals surface area contributed by atoms with Crippen LogP contribution in [0, 0.1) is 0 Å². The van der Waals surface area contributed by atoms with Gasteiger partial charge < -0.3 is 5.32 Å². The highest BCUT2D eigenvalue weighted by Crippen LogP contribution is 2.36. The summed E-state index contributed by atoms with van der Waals surface area (Å²) in [4.78, 5) is 32.9. The molecule has 37 heavy (non-hydrogen) atoms. The lowest BCUT2D eigenvalue weighted by Gasteiger charge is -2.34. The first-order chi connectivity index (χ1) is 17.1. The second-order valence-corrected chi connectivity index (χ2v) is 10.5. The Morgan fingerprint density at radius 3 is 2.11 bits per heavy atom. The summed E-state index contributed by atoms with van der Waals surface area (Å²) >= 11 is 5.35. The molecular formula is C21H19ClF6N4O4S. The molecule has 0 bridgehead atoms. The van der Waals surface area contributed by atoms with Gasteiger partial charge in [0.25, 0.3) is 21.4 Å². The van der Waals surface area contributed by atoms with Gasteiger partial charge in [0.05, 0.1) is 4.90 Å². The van der Waals surface area contributed by atoms with Crippen LogP contribution >= 0.6 is 11.6 Å². The fourth-order valence-corrected chi connectivity index (χ4v) is 4.63. The van der Waals surface area contributed by atoms with Gasteiger partial charge in [0, 0.05) is 42.5 Å². The fraction of sp³-hybridized carbons (Fsp3) is 0.429. The number of alkyl halides is 7. The number of anilines is 1. The summed E-state index contributed by atoms with van der Waals surface area (Å²) < 4.78 is 103. The van der Waals surface area contributed by atoms with Crippen LogP contribution in [0.1, 0.15) is 37.3 Å². The molecule has 3 rings (SSSR count). The van der Waals surface area contributed by atoms with Crippen molar-refractivity contribution >= 4 is 38.9 Å². The molecule has 1 N–H and O–H groups in total.